The molecule has 1 aromatic heterocycles. The van der Waals surface area contributed by atoms with Crippen LogP contribution in [0.3, 0.4) is 0 Å². The second-order valence-corrected chi connectivity index (χ2v) is 4.90. The van der Waals surface area contributed by atoms with Crippen molar-refractivity contribution in [2.45, 2.75) is 40.0 Å². The monoisotopic (exact) mass is 222 g/mol. The quantitative estimate of drug-likeness (QED) is 0.852. The van der Waals surface area contributed by atoms with Crippen molar-refractivity contribution in [1.29, 1.82) is 0 Å². The third kappa shape index (κ3) is 2.84. The van der Waals surface area contributed by atoms with Crippen LogP contribution < -0.4 is 10.6 Å². The van der Waals surface area contributed by atoms with Crippen LogP contribution in [0.2, 0.25) is 0 Å². The minimum Gasteiger partial charge on any atom is -0.384 e. The van der Waals surface area contributed by atoms with Gasteiger partial charge < -0.3 is 10.6 Å². The van der Waals surface area contributed by atoms with E-state index in [1.54, 1.807) is 0 Å². The number of aromatic nitrogens is 2. The van der Waals surface area contributed by atoms with E-state index in [-0.39, 0.29) is 5.41 Å². The van der Waals surface area contributed by atoms with Gasteiger partial charge in [-0.1, -0.05) is 20.8 Å². The Hall–Kier alpha value is -1.32. The van der Waals surface area contributed by atoms with Gasteiger partial charge in [0, 0.05) is 24.6 Å². The van der Waals surface area contributed by atoms with Crippen LogP contribution in [-0.4, -0.2) is 23.1 Å². The summed E-state index contributed by atoms with van der Waals surface area (Å²) in [5.74, 6) is 2.26. The molecule has 0 fully saturated rings. The molecule has 1 heterocycles. The van der Waals surface area contributed by atoms with Crippen molar-refractivity contribution >= 4 is 11.6 Å². The standard InChI is InChI=1S/C12H22N4/c1-6-16(7-2)10-8-9(13)14-11(15-10)12(3,4)5/h8H,6-7H2,1-5H3,(H2,13,14,15). The predicted molar refractivity (Wildman–Crippen MR) is 68.7 cm³/mol. The Morgan fingerprint density at radius 1 is 1.19 bits per heavy atom. The van der Waals surface area contributed by atoms with E-state index in [4.69, 9.17) is 5.73 Å². The summed E-state index contributed by atoms with van der Waals surface area (Å²) < 4.78 is 0. The van der Waals surface area contributed by atoms with E-state index < -0.39 is 0 Å². The highest BCUT2D eigenvalue weighted by Crippen LogP contribution is 2.22. The Kier molecular flexibility index (Phi) is 3.73. The minimum atomic E-state index is -0.0721. The zero-order chi connectivity index (χ0) is 12.3. The summed E-state index contributed by atoms with van der Waals surface area (Å²) in [6.45, 7) is 12.3. The number of nitrogen functional groups attached to an aromatic ring is 1. The maximum atomic E-state index is 5.83. The van der Waals surface area contributed by atoms with Gasteiger partial charge in [0.1, 0.15) is 17.5 Å². The van der Waals surface area contributed by atoms with Crippen molar-refractivity contribution in [3.63, 3.8) is 0 Å². The second-order valence-electron chi connectivity index (χ2n) is 4.90. The van der Waals surface area contributed by atoms with E-state index in [0.717, 1.165) is 24.7 Å². The number of nitrogens with zero attached hydrogens (tertiary/aromatic N) is 3. The fourth-order valence-corrected chi connectivity index (χ4v) is 1.50. The van der Waals surface area contributed by atoms with E-state index in [1.807, 2.05) is 6.07 Å². The Balaban J connectivity index is 3.17. The highest BCUT2D eigenvalue weighted by molar-refractivity contribution is 5.47. The summed E-state index contributed by atoms with van der Waals surface area (Å²) in [5.41, 5.74) is 5.75. The second kappa shape index (κ2) is 4.68. The molecule has 0 amide bonds. The molecule has 90 valence electrons. The molecular formula is C12H22N4. The summed E-state index contributed by atoms with van der Waals surface area (Å²) in [6.07, 6.45) is 0. The van der Waals surface area contributed by atoms with Crippen molar-refractivity contribution in [2.75, 3.05) is 23.7 Å². The van der Waals surface area contributed by atoms with Crippen molar-refractivity contribution in [1.82, 2.24) is 9.97 Å². The smallest absolute Gasteiger partial charge is 0.138 e. The molecule has 0 atom stereocenters. The molecule has 0 aromatic carbocycles. The van der Waals surface area contributed by atoms with Crippen LogP contribution in [0, 0.1) is 0 Å². The summed E-state index contributed by atoms with van der Waals surface area (Å²) in [5, 5.41) is 0. The molecule has 0 spiro atoms. The lowest BCUT2D eigenvalue weighted by molar-refractivity contribution is 0.545. The van der Waals surface area contributed by atoms with Crippen molar-refractivity contribution in [3.05, 3.63) is 11.9 Å². The molecule has 4 heteroatoms. The molecule has 0 radical (unpaired) electrons. The van der Waals surface area contributed by atoms with Gasteiger partial charge in [0.25, 0.3) is 0 Å². The van der Waals surface area contributed by atoms with Crippen LogP contribution in [0.15, 0.2) is 6.07 Å². The van der Waals surface area contributed by atoms with Gasteiger partial charge in [-0.2, -0.15) is 0 Å². The average Bonchev–Trinajstić information content (AvgIpc) is 2.17. The van der Waals surface area contributed by atoms with Crippen LogP contribution in [0.5, 0.6) is 0 Å². The van der Waals surface area contributed by atoms with E-state index in [0.29, 0.717) is 5.82 Å². The lowest BCUT2D eigenvalue weighted by Crippen LogP contribution is -2.26. The average molecular weight is 222 g/mol. The van der Waals surface area contributed by atoms with Crippen LogP contribution >= 0.6 is 0 Å². The Morgan fingerprint density at radius 2 is 1.75 bits per heavy atom. The minimum absolute atomic E-state index is 0.0721. The molecule has 4 nitrogen and oxygen atoms in total. The number of anilines is 2. The summed E-state index contributed by atoms with van der Waals surface area (Å²) in [7, 11) is 0. The van der Waals surface area contributed by atoms with Gasteiger partial charge >= 0.3 is 0 Å². The van der Waals surface area contributed by atoms with Crippen molar-refractivity contribution in [2.24, 2.45) is 0 Å². The first-order valence-corrected chi connectivity index (χ1v) is 5.78. The topological polar surface area (TPSA) is 55.0 Å². The fraction of sp³-hybridized carbons (Fsp3) is 0.667. The summed E-state index contributed by atoms with van der Waals surface area (Å²) in [4.78, 5) is 11.1. The van der Waals surface area contributed by atoms with E-state index >= 15 is 0 Å². The third-order valence-electron chi connectivity index (χ3n) is 2.49. The molecule has 0 bridgehead atoms. The van der Waals surface area contributed by atoms with Gasteiger partial charge in [-0.25, -0.2) is 9.97 Å². The number of nitrogens with two attached hydrogens (primary N) is 1. The maximum Gasteiger partial charge on any atom is 0.138 e. The third-order valence-corrected chi connectivity index (χ3v) is 2.49. The number of rotatable bonds is 3. The normalized spacial score (nSPS) is 11.6. The lowest BCUT2D eigenvalue weighted by Gasteiger charge is -2.23. The first-order chi connectivity index (χ1) is 7.38. The highest BCUT2D eigenvalue weighted by atomic mass is 15.2. The van der Waals surface area contributed by atoms with E-state index in [9.17, 15) is 0 Å². The SMILES string of the molecule is CCN(CC)c1cc(N)nc(C(C)(C)C)n1. The summed E-state index contributed by atoms with van der Waals surface area (Å²) in [6, 6.07) is 1.84. The molecule has 2 N–H and O–H groups in total. The van der Waals surface area contributed by atoms with Gasteiger partial charge in [0.2, 0.25) is 0 Å². The highest BCUT2D eigenvalue weighted by Gasteiger charge is 2.19. The van der Waals surface area contributed by atoms with Gasteiger partial charge in [-0.3, -0.25) is 0 Å². The van der Waals surface area contributed by atoms with Crippen LogP contribution in [0.1, 0.15) is 40.4 Å². The van der Waals surface area contributed by atoms with Crippen LogP contribution in [-0.2, 0) is 5.41 Å². The Morgan fingerprint density at radius 3 is 2.19 bits per heavy atom. The van der Waals surface area contributed by atoms with E-state index in [1.165, 1.54) is 0 Å². The van der Waals surface area contributed by atoms with Crippen LogP contribution in [0.4, 0.5) is 11.6 Å². The molecule has 0 saturated carbocycles. The van der Waals surface area contributed by atoms with Gasteiger partial charge in [0.05, 0.1) is 0 Å². The molecule has 0 saturated heterocycles. The van der Waals surface area contributed by atoms with Crippen molar-refractivity contribution < 1.29 is 0 Å². The number of hydrogen-bond acceptors (Lipinski definition) is 4. The molecule has 16 heavy (non-hydrogen) atoms. The summed E-state index contributed by atoms with van der Waals surface area (Å²) >= 11 is 0. The largest absolute Gasteiger partial charge is 0.384 e. The van der Waals surface area contributed by atoms with Crippen LogP contribution in [0.25, 0.3) is 0 Å². The zero-order valence-corrected chi connectivity index (χ0v) is 10.9. The Bertz CT molecular complexity index is 351. The van der Waals surface area contributed by atoms with E-state index in [2.05, 4.69) is 49.5 Å². The molecule has 1 aromatic rings. The maximum absolute atomic E-state index is 5.83. The fourth-order valence-electron chi connectivity index (χ4n) is 1.50. The molecule has 0 aliphatic carbocycles. The van der Waals surface area contributed by atoms with Gasteiger partial charge in [-0.05, 0) is 13.8 Å². The van der Waals surface area contributed by atoms with Gasteiger partial charge in [0.15, 0.2) is 0 Å². The Labute approximate surface area is 97.9 Å². The van der Waals surface area contributed by atoms with Crippen molar-refractivity contribution in [3.8, 4) is 0 Å². The van der Waals surface area contributed by atoms with Gasteiger partial charge in [-0.15, -0.1) is 0 Å². The molecule has 0 unspecified atom stereocenters. The molecule has 0 aliphatic rings. The zero-order valence-electron chi connectivity index (χ0n) is 10.9. The first kappa shape index (κ1) is 12.7. The molecular weight excluding hydrogens is 200 g/mol. The number of hydrogen-bond donors (Lipinski definition) is 1. The first-order valence-electron chi connectivity index (χ1n) is 5.78. The molecule has 1 rings (SSSR count). The lowest BCUT2D eigenvalue weighted by atomic mass is 9.96. The predicted octanol–water partition coefficient (Wildman–Crippen LogP) is 2.20. The molecule has 0 aliphatic heterocycles.